The van der Waals surface area contributed by atoms with Crippen molar-refractivity contribution in [2.24, 2.45) is 0 Å². The standard InChI is InChI=1S/C15H17N3O5S2/c1-10-17-18-15(24-10)16-13(19)9-25(22)8-2-7-23-12-5-3-11(4-6-12)14(20)21/h3-6H,2,7-9H2,1H3,(H,20,21)(H,16,18,19). The Morgan fingerprint density at radius 3 is 2.60 bits per heavy atom. The predicted molar refractivity (Wildman–Crippen MR) is 94.7 cm³/mol. The van der Waals surface area contributed by atoms with E-state index < -0.39 is 16.8 Å². The zero-order chi connectivity index (χ0) is 18.2. The highest BCUT2D eigenvalue weighted by atomic mass is 32.2. The maximum absolute atomic E-state index is 11.9. The Labute approximate surface area is 150 Å². The van der Waals surface area contributed by atoms with E-state index in [1.807, 2.05) is 0 Å². The summed E-state index contributed by atoms with van der Waals surface area (Å²) in [4.78, 5) is 22.5. The number of ether oxygens (including phenoxy) is 1. The number of carbonyl (C=O) groups excluding carboxylic acids is 1. The third-order valence-corrected chi connectivity index (χ3v) is 5.03. The average molecular weight is 383 g/mol. The van der Waals surface area contributed by atoms with Gasteiger partial charge in [0.15, 0.2) is 0 Å². The number of nitrogens with one attached hydrogen (secondary N) is 1. The zero-order valence-corrected chi connectivity index (χ0v) is 15.1. The van der Waals surface area contributed by atoms with Crippen molar-refractivity contribution in [1.82, 2.24) is 10.2 Å². The molecule has 0 aliphatic heterocycles. The van der Waals surface area contributed by atoms with Crippen molar-refractivity contribution in [1.29, 1.82) is 0 Å². The summed E-state index contributed by atoms with van der Waals surface area (Å²) in [5.41, 5.74) is 0.185. The molecule has 1 aromatic heterocycles. The van der Waals surface area contributed by atoms with Crippen molar-refractivity contribution in [3.63, 3.8) is 0 Å². The number of carboxylic acid groups (broad SMARTS) is 1. The third kappa shape index (κ3) is 6.59. The molecule has 0 aliphatic carbocycles. The van der Waals surface area contributed by atoms with Gasteiger partial charge in [0.25, 0.3) is 0 Å². The van der Waals surface area contributed by atoms with E-state index in [0.29, 0.717) is 29.7 Å². The SMILES string of the molecule is Cc1nnc(NC(=O)CS(=O)CCCOc2ccc(C(=O)O)cc2)s1. The van der Waals surface area contributed by atoms with Crippen LogP contribution < -0.4 is 10.1 Å². The number of aromatic nitrogens is 2. The molecule has 8 nitrogen and oxygen atoms in total. The van der Waals surface area contributed by atoms with Gasteiger partial charge in [-0.2, -0.15) is 0 Å². The summed E-state index contributed by atoms with van der Waals surface area (Å²) in [6.07, 6.45) is 0.512. The van der Waals surface area contributed by atoms with Crippen LogP contribution in [0.25, 0.3) is 0 Å². The highest BCUT2D eigenvalue weighted by Gasteiger charge is 2.10. The highest BCUT2D eigenvalue weighted by Crippen LogP contribution is 2.14. The van der Waals surface area contributed by atoms with Crippen LogP contribution in [0.4, 0.5) is 5.13 Å². The van der Waals surface area contributed by atoms with Gasteiger partial charge in [-0.3, -0.25) is 14.3 Å². The summed E-state index contributed by atoms with van der Waals surface area (Å²) in [7, 11) is -1.30. The summed E-state index contributed by atoms with van der Waals surface area (Å²) in [5, 5.41) is 20.0. The second-order valence-electron chi connectivity index (χ2n) is 4.99. The van der Waals surface area contributed by atoms with E-state index in [1.54, 1.807) is 19.1 Å². The van der Waals surface area contributed by atoms with E-state index in [1.165, 1.54) is 23.5 Å². The number of carbonyl (C=O) groups is 2. The molecule has 2 rings (SSSR count). The molecule has 10 heteroatoms. The number of nitrogens with zero attached hydrogens (tertiary/aromatic N) is 2. The molecule has 0 bridgehead atoms. The smallest absolute Gasteiger partial charge is 0.335 e. The lowest BCUT2D eigenvalue weighted by Crippen LogP contribution is -2.21. The number of rotatable bonds is 9. The van der Waals surface area contributed by atoms with E-state index in [4.69, 9.17) is 9.84 Å². The largest absolute Gasteiger partial charge is 0.494 e. The van der Waals surface area contributed by atoms with Gasteiger partial charge in [-0.05, 0) is 37.6 Å². The maximum Gasteiger partial charge on any atom is 0.335 e. The fourth-order valence-electron chi connectivity index (χ4n) is 1.82. The van der Waals surface area contributed by atoms with Gasteiger partial charge >= 0.3 is 5.97 Å². The summed E-state index contributed by atoms with van der Waals surface area (Å²) < 4.78 is 17.3. The third-order valence-electron chi connectivity index (χ3n) is 2.95. The number of amides is 1. The number of benzene rings is 1. The van der Waals surface area contributed by atoms with Crippen LogP contribution in [-0.2, 0) is 15.6 Å². The molecule has 0 fully saturated rings. The molecule has 0 radical (unpaired) electrons. The summed E-state index contributed by atoms with van der Waals surface area (Å²) in [6, 6.07) is 6.04. The monoisotopic (exact) mass is 383 g/mol. The molecular weight excluding hydrogens is 366 g/mol. The fraction of sp³-hybridized carbons (Fsp3) is 0.333. The first-order valence-electron chi connectivity index (χ1n) is 7.35. The molecular formula is C15H17N3O5S2. The summed E-state index contributed by atoms with van der Waals surface area (Å²) in [6.45, 7) is 2.11. The van der Waals surface area contributed by atoms with Gasteiger partial charge in [0.1, 0.15) is 16.5 Å². The molecule has 1 atom stereocenters. The quantitative estimate of drug-likeness (QED) is 0.633. The van der Waals surface area contributed by atoms with E-state index in [2.05, 4.69) is 15.5 Å². The number of hydrogen-bond acceptors (Lipinski definition) is 7. The van der Waals surface area contributed by atoms with Crippen molar-refractivity contribution in [3.8, 4) is 5.75 Å². The Balaban J connectivity index is 1.64. The van der Waals surface area contributed by atoms with Crippen molar-refractivity contribution in [2.75, 3.05) is 23.4 Å². The molecule has 1 amide bonds. The van der Waals surface area contributed by atoms with Crippen LogP contribution in [0.2, 0.25) is 0 Å². The molecule has 25 heavy (non-hydrogen) atoms. The Morgan fingerprint density at radius 2 is 2.00 bits per heavy atom. The van der Waals surface area contributed by atoms with Crippen LogP contribution in [0.1, 0.15) is 21.8 Å². The van der Waals surface area contributed by atoms with Crippen LogP contribution in [0, 0.1) is 6.92 Å². The lowest BCUT2D eigenvalue weighted by Gasteiger charge is -2.06. The van der Waals surface area contributed by atoms with Gasteiger partial charge in [0, 0.05) is 16.6 Å². The molecule has 0 aliphatic rings. The second-order valence-corrected chi connectivity index (χ2v) is 7.75. The molecule has 0 spiro atoms. The van der Waals surface area contributed by atoms with Crippen LogP contribution in [0.5, 0.6) is 5.75 Å². The lowest BCUT2D eigenvalue weighted by molar-refractivity contribution is -0.113. The molecule has 2 aromatic rings. The van der Waals surface area contributed by atoms with Gasteiger partial charge in [-0.15, -0.1) is 10.2 Å². The topological polar surface area (TPSA) is 118 Å². The molecule has 1 heterocycles. The highest BCUT2D eigenvalue weighted by molar-refractivity contribution is 7.85. The minimum absolute atomic E-state index is 0.105. The molecule has 134 valence electrons. The minimum Gasteiger partial charge on any atom is -0.494 e. The maximum atomic E-state index is 11.9. The number of aromatic carboxylic acids is 1. The molecule has 1 unspecified atom stereocenters. The van der Waals surface area contributed by atoms with Crippen molar-refractivity contribution < 1.29 is 23.6 Å². The summed E-state index contributed by atoms with van der Waals surface area (Å²) in [5.74, 6) is -0.592. The normalized spacial score (nSPS) is 11.7. The Morgan fingerprint density at radius 1 is 1.28 bits per heavy atom. The van der Waals surface area contributed by atoms with Crippen molar-refractivity contribution >= 4 is 39.1 Å². The van der Waals surface area contributed by atoms with E-state index >= 15 is 0 Å². The van der Waals surface area contributed by atoms with Crippen molar-refractivity contribution in [3.05, 3.63) is 34.8 Å². The van der Waals surface area contributed by atoms with Crippen molar-refractivity contribution in [2.45, 2.75) is 13.3 Å². The molecule has 0 saturated carbocycles. The number of aryl methyl sites for hydroxylation is 1. The van der Waals surface area contributed by atoms with Crippen LogP contribution in [-0.4, -0.2) is 49.5 Å². The Hall–Kier alpha value is -2.33. The summed E-state index contributed by atoms with van der Waals surface area (Å²) >= 11 is 1.26. The number of carboxylic acids is 1. The zero-order valence-electron chi connectivity index (χ0n) is 13.4. The van der Waals surface area contributed by atoms with Gasteiger partial charge in [0.05, 0.1) is 12.2 Å². The molecule has 1 aromatic carbocycles. The first kappa shape index (κ1) is 19.0. The first-order valence-corrected chi connectivity index (χ1v) is 9.65. The second kappa shape index (κ2) is 9.23. The van der Waals surface area contributed by atoms with Crippen LogP contribution in [0.15, 0.2) is 24.3 Å². The Bertz CT molecular complexity index is 761. The van der Waals surface area contributed by atoms with Gasteiger partial charge in [-0.1, -0.05) is 11.3 Å². The van der Waals surface area contributed by atoms with Gasteiger partial charge < -0.3 is 9.84 Å². The average Bonchev–Trinajstić information content (AvgIpc) is 2.96. The first-order chi connectivity index (χ1) is 11.9. The predicted octanol–water partition coefficient (Wildman–Crippen LogP) is 1.70. The minimum atomic E-state index is -1.30. The molecule has 2 N–H and O–H groups in total. The number of anilines is 1. The van der Waals surface area contributed by atoms with Crippen LogP contribution >= 0.6 is 11.3 Å². The van der Waals surface area contributed by atoms with Crippen LogP contribution in [0.3, 0.4) is 0 Å². The van der Waals surface area contributed by atoms with E-state index in [9.17, 15) is 13.8 Å². The van der Waals surface area contributed by atoms with E-state index in [-0.39, 0.29) is 17.2 Å². The lowest BCUT2D eigenvalue weighted by atomic mass is 10.2. The van der Waals surface area contributed by atoms with E-state index in [0.717, 1.165) is 5.01 Å². The fourth-order valence-corrected chi connectivity index (χ4v) is 3.38. The Kier molecular flexibility index (Phi) is 7.02. The van der Waals surface area contributed by atoms with Gasteiger partial charge in [0.2, 0.25) is 11.0 Å². The van der Waals surface area contributed by atoms with Gasteiger partial charge in [-0.25, -0.2) is 4.79 Å². The number of hydrogen-bond donors (Lipinski definition) is 2. The molecule has 0 saturated heterocycles.